The number of aliphatic hydroxyl groups is 2. The van der Waals surface area contributed by atoms with Crippen molar-refractivity contribution in [2.75, 3.05) is 38.6 Å². The number of hydrogen-bond acceptors (Lipinski definition) is 19. The molecule has 0 radical (unpaired) electrons. The number of carbonyl (C=O) groups excluding carboxylic acids is 12. The minimum absolute atomic E-state index is 0.0130. The lowest BCUT2D eigenvalue weighted by Gasteiger charge is -2.27. The van der Waals surface area contributed by atoms with Crippen LogP contribution in [0.25, 0.3) is 0 Å². The van der Waals surface area contributed by atoms with Crippen LogP contribution in [0, 0.1) is 5.92 Å². The first-order chi connectivity index (χ1) is 40.6. The van der Waals surface area contributed by atoms with Crippen molar-refractivity contribution in [3.05, 3.63) is 65.7 Å². The van der Waals surface area contributed by atoms with Crippen molar-refractivity contribution in [3.63, 3.8) is 0 Å². The Hall–Kier alpha value is -9.15. The van der Waals surface area contributed by atoms with Crippen molar-refractivity contribution in [1.29, 1.82) is 0 Å². The Bertz CT molecular complexity index is 2700. The summed E-state index contributed by atoms with van der Waals surface area (Å²) < 4.78 is 0. The van der Waals surface area contributed by atoms with Gasteiger partial charge in [0.05, 0.1) is 38.8 Å². The van der Waals surface area contributed by atoms with Gasteiger partial charge in [0.15, 0.2) is 5.96 Å². The first-order valence-electron chi connectivity index (χ1n) is 26.8. The number of aliphatic carboxylic acids is 1. The van der Waals surface area contributed by atoms with Crippen LogP contribution in [0.4, 0.5) is 0 Å². The molecular formula is C52H78N16O17S. The van der Waals surface area contributed by atoms with Gasteiger partial charge in [0.1, 0.15) is 54.1 Å². The number of aromatic hydroxyl groups is 1. The van der Waals surface area contributed by atoms with E-state index in [0.717, 1.165) is 0 Å². The van der Waals surface area contributed by atoms with Crippen molar-refractivity contribution in [3.8, 4) is 5.75 Å². The van der Waals surface area contributed by atoms with Crippen molar-refractivity contribution >= 4 is 95.4 Å². The molecule has 0 aliphatic carbocycles. The number of carboxylic acids is 1. The maximum atomic E-state index is 14.2. The lowest BCUT2D eigenvalue weighted by Crippen LogP contribution is -2.61. The molecule has 2 aromatic rings. The van der Waals surface area contributed by atoms with E-state index in [4.69, 9.17) is 28.7 Å². The molecule has 33 nitrogen and oxygen atoms in total. The van der Waals surface area contributed by atoms with Crippen molar-refractivity contribution < 1.29 is 82.8 Å². The van der Waals surface area contributed by atoms with E-state index >= 15 is 0 Å². The number of benzene rings is 2. The Morgan fingerprint density at radius 2 is 0.977 bits per heavy atom. The van der Waals surface area contributed by atoms with Crippen molar-refractivity contribution in [1.82, 2.24) is 53.2 Å². The minimum atomic E-state index is -1.90. The molecule has 2 aromatic carbocycles. The number of amides is 12. The standard InChI is InChI=1S/C52H78N16O17S/c1-26(2)17-32(61-41(74)21-60-45(78)36(23-69)67-43(76)30(53)14-15-39(54)72)44(77)59-22-42(75)62-38(25-86)50(83)65-34(20-40(55)73)48(81)68-37(24-70)49(82)64-33(18-27-7-4-3-5-8-27)47(80)63-31(9-6-16-58-52(56)57)46(79)66-35(51(84)85)19-28-10-12-29(71)13-11-28/h3-5,7-8,10-13,26,30-38,69-71,86H,6,9,14-25,53H2,1-2H3,(H2,54,72)(H2,55,73)(H,59,77)(H,60,78)(H,61,74)(H,62,75)(H,63,80)(H,64,82)(H,65,83)(H,66,79)(H,67,76)(H,68,81)(H,84,85)(H4,56,57,58)/t30-,31-,32-,33-,34-,35-,36-,37-,38-/m0/s1. The monoisotopic (exact) mass is 1230 g/mol. The van der Waals surface area contributed by atoms with Crippen molar-refractivity contribution in [2.45, 2.75) is 120 Å². The summed E-state index contributed by atoms with van der Waals surface area (Å²) in [6.07, 6.45) is -1.79. The summed E-state index contributed by atoms with van der Waals surface area (Å²) in [6.45, 7) is -0.155. The Kier molecular flexibility index (Phi) is 32.2. The van der Waals surface area contributed by atoms with Gasteiger partial charge in [-0.25, -0.2) is 4.79 Å². The number of thiol groups is 1. The van der Waals surface area contributed by atoms with Gasteiger partial charge >= 0.3 is 5.97 Å². The second-order valence-corrected chi connectivity index (χ2v) is 20.2. The molecule has 0 heterocycles. The predicted octanol–water partition coefficient (Wildman–Crippen LogP) is -8.14. The molecule has 0 aromatic heterocycles. The van der Waals surface area contributed by atoms with Crippen LogP contribution < -0.4 is 81.8 Å². The lowest BCUT2D eigenvalue weighted by molar-refractivity contribution is -0.142. The number of primary amides is 2. The quantitative estimate of drug-likeness (QED) is 0.0128. The van der Waals surface area contributed by atoms with Gasteiger partial charge in [-0.3, -0.25) is 62.5 Å². The summed E-state index contributed by atoms with van der Waals surface area (Å²) in [6, 6.07) is -0.285. The Morgan fingerprint density at radius 1 is 0.523 bits per heavy atom. The van der Waals surface area contributed by atoms with E-state index in [9.17, 15) is 82.8 Å². The van der Waals surface area contributed by atoms with Gasteiger partial charge in [-0.1, -0.05) is 56.3 Å². The Balaban J connectivity index is 2.20. The van der Waals surface area contributed by atoms with Crippen LogP contribution in [0.2, 0.25) is 0 Å². The molecule has 34 heteroatoms. The van der Waals surface area contributed by atoms with Crippen molar-refractivity contribution in [2.24, 2.45) is 39.6 Å². The zero-order chi connectivity index (χ0) is 64.6. The molecule has 0 aliphatic rings. The predicted molar refractivity (Wildman–Crippen MR) is 309 cm³/mol. The van der Waals surface area contributed by atoms with E-state index in [1.165, 1.54) is 24.3 Å². The van der Waals surface area contributed by atoms with Crippen LogP contribution >= 0.6 is 12.6 Å². The second kappa shape index (κ2) is 37.9. The highest BCUT2D eigenvalue weighted by atomic mass is 32.1. The fourth-order valence-electron chi connectivity index (χ4n) is 7.74. The van der Waals surface area contributed by atoms with E-state index in [2.05, 4.69) is 70.8 Å². The largest absolute Gasteiger partial charge is 0.508 e. The summed E-state index contributed by atoms with van der Waals surface area (Å²) in [4.78, 5) is 173. The lowest BCUT2D eigenvalue weighted by atomic mass is 10.0. The van der Waals surface area contributed by atoms with Crippen LogP contribution in [0.3, 0.4) is 0 Å². The molecule has 0 spiro atoms. The Morgan fingerprint density at radius 3 is 1.51 bits per heavy atom. The van der Waals surface area contributed by atoms with Gasteiger partial charge in [0, 0.05) is 31.6 Å². The highest BCUT2D eigenvalue weighted by Crippen LogP contribution is 2.13. The summed E-state index contributed by atoms with van der Waals surface area (Å²) in [5.41, 5.74) is 27.9. The fraction of sp³-hybridized carbons (Fsp3) is 0.500. The molecule has 0 unspecified atom stereocenters. The van der Waals surface area contributed by atoms with Gasteiger partial charge in [-0.2, -0.15) is 12.6 Å². The van der Waals surface area contributed by atoms with Crippen LogP contribution in [0.15, 0.2) is 59.6 Å². The summed E-state index contributed by atoms with van der Waals surface area (Å²) in [7, 11) is 0. The number of nitrogens with two attached hydrogens (primary N) is 5. The fourth-order valence-corrected chi connectivity index (χ4v) is 7.99. The molecule has 2 rings (SSSR count). The number of phenolic OH excluding ortho intramolecular Hbond substituents is 1. The number of aliphatic imine (C=N–C) groups is 1. The number of guanidine groups is 1. The number of nitrogens with zero attached hydrogens (tertiary/aromatic N) is 1. The molecule has 0 aliphatic heterocycles. The number of aliphatic hydroxyl groups excluding tert-OH is 2. The smallest absolute Gasteiger partial charge is 0.326 e. The number of phenols is 1. The van der Waals surface area contributed by atoms with Crippen LogP contribution in [0.5, 0.6) is 5.75 Å². The van der Waals surface area contributed by atoms with E-state index in [-0.39, 0.29) is 69.1 Å². The van der Waals surface area contributed by atoms with Gasteiger partial charge in [-0.05, 0) is 54.9 Å². The van der Waals surface area contributed by atoms with Gasteiger partial charge in [0.25, 0.3) is 0 Å². The van der Waals surface area contributed by atoms with Gasteiger partial charge in [-0.15, -0.1) is 0 Å². The second-order valence-electron chi connectivity index (χ2n) is 19.8. The number of carboxylic acid groups (broad SMARTS) is 1. The average molecular weight is 1230 g/mol. The molecule has 24 N–H and O–H groups in total. The van der Waals surface area contributed by atoms with Crippen LogP contribution in [-0.2, 0) is 75.2 Å². The molecule has 0 saturated heterocycles. The Labute approximate surface area is 499 Å². The summed E-state index contributed by atoms with van der Waals surface area (Å²) >= 11 is 4.09. The SMILES string of the molecule is CC(C)C[C@H](NC(=O)CNC(=O)[C@H](CO)NC(=O)[C@@H](N)CCC(N)=O)C(=O)NCC(=O)N[C@@H](CS)C(=O)N[C@@H](CC(N)=O)C(=O)N[C@@H](CO)C(=O)N[C@@H](Cc1ccccc1)C(=O)N[C@@H](CCCN=C(N)N)C(=O)N[C@@H](Cc1ccc(O)cc1)C(=O)O. The van der Waals surface area contributed by atoms with E-state index in [0.29, 0.717) is 11.1 Å². The zero-order valence-corrected chi connectivity index (χ0v) is 48.1. The van der Waals surface area contributed by atoms with E-state index < -0.39 is 170 Å². The first kappa shape index (κ1) is 73.0. The topological polar surface area (TPSA) is 566 Å². The molecule has 9 atom stereocenters. The number of nitrogens with one attached hydrogen (secondary N) is 10. The van der Waals surface area contributed by atoms with Crippen LogP contribution in [-0.4, -0.2) is 196 Å². The third-order valence-electron chi connectivity index (χ3n) is 12.2. The zero-order valence-electron chi connectivity index (χ0n) is 47.2. The maximum Gasteiger partial charge on any atom is 0.326 e. The highest BCUT2D eigenvalue weighted by molar-refractivity contribution is 7.80. The molecule has 0 bridgehead atoms. The molecule has 0 fully saturated rings. The van der Waals surface area contributed by atoms with Gasteiger partial charge < -0.3 is 102 Å². The third kappa shape index (κ3) is 28.0. The van der Waals surface area contributed by atoms with E-state index in [1.807, 2.05) is 0 Å². The van der Waals surface area contributed by atoms with Gasteiger partial charge in [0.2, 0.25) is 70.9 Å². The molecule has 12 amide bonds. The third-order valence-corrected chi connectivity index (χ3v) is 12.6. The maximum absolute atomic E-state index is 14.2. The minimum Gasteiger partial charge on any atom is -0.508 e. The molecule has 0 saturated carbocycles. The number of rotatable bonds is 39. The first-order valence-corrected chi connectivity index (χ1v) is 27.4. The average Bonchev–Trinajstić information content (AvgIpc) is 3.67. The van der Waals surface area contributed by atoms with Crippen LogP contribution in [0.1, 0.15) is 63.5 Å². The molecule has 86 heavy (non-hydrogen) atoms. The highest BCUT2D eigenvalue weighted by Gasteiger charge is 2.35. The van der Waals surface area contributed by atoms with E-state index in [1.54, 1.807) is 44.2 Å². The summed E-state index contributed by atoms with van der Waals surface area (Å²) in [5, 5.41) is 62.8. The number of carbonyl (C=O) groups is 13. The molecule has 474 valence electrons. The normalized spacial score (nSPS) is 14.0. The summed E-state index contributed by atoms with van der Waals surface area (Å²) in [5.74, 6) is -14.5. The number of hydrogen-bond donors (Lipinski definition) is 20. The molecular weight excluding hydrogens is 1150 g/mol.